The lowest BCUT2D eigenvalue weighted by Crippen LogP contribution is -2.14. The second-order valence-electron chi connectivity index (χ2n) is 3.43. The van der Waals surface area contributed by atoms with Crippen LogP contribution in [0.15, 0.2) is 11.4 Å². The van der Waals surface area contributed by atoms with Crippen molar-refractivity contribution in [3.63, 3.8) is 0 Å². The van der Waals surface area contributed by atoms with Crippen molar-refractivity contribution >= 4 is 28.1 Å². The van der Waals surface area contributed by atoms with Crippen LogP contribution in [0.1, 0.15) is 18.4 Å². The lowest BCUT2D eigenvalue weighted by Gasteiger charge is -2.01. The quantitative estimate of drug-likeness (QED) is 0.443. The molecule has 0 unspecified atom stereocenters. The molecule has 1 heterocycles. The van der Waals surface area contributed by atoms with E-state index in [4.69, 9.17) is 0 Å². The molecule has 0 spiro atoms. The van der Waals surface area contributed by atoms with E-state index in [-0.39, 0.29) is 9.92 Å². The third-order valence-electron chi connectivity index (χ3n) is 2.10. The van der Waals surface area contributed by atoms with E-state index in [1.807, 2.05) is 17.1 Å². The largest absolute Gasteiger partial charge is 0.324 e. The van der Waals surface area contributed by atoms with Crippen LogP contribution >= 0.6 is 23.1 Å². The Morgan fingerprint density at radius 1 is 1.56 bits per heavy atom. The first kappa shape index (κ1) is 13.5. The Balaban J connectivity index is 2.14. The molecule has 0 aliphatic heterocycles. The zero-order valence-corrected chi connectivity index (χ0v) is 10.9. The molecular weight excluding hydrogens is 244 g/mol. The fourth-order valence-corrected chi connectivity index (χ4v) is 2.50. The lowest BCUT2D eigenvalue weighted by molar-refractivity contribution is -0.380. The van der Waals surface area contributed by atoms with Crippen LogP contribution in [0, 0.1) is 10.1 Å². The number of nitrogens with zero attached hydrogens (tertiary/aromatic N) is 1. The molecule has 0 bridgehead atoms. The van der Waals surface area contributed by atoms with E-state index in [0.29, 0.717) is 0 Å². The lowest BCUT2D eigenvalue weighted by atomic mass is 10.3. The first-order valence-electron chi connectivity index (χ1n) is 5.15. The van der Waals surface area contributed by atoms with Gasteiger partial charge in [0.05, 0.1) is 4.92 Å². The number of nitrogens with one attached hydrogen (secondary N) is 1. The molecule has 1 aromatic rings. The third kappa shape index (κ3) is 4.96. The van der Waals surface area contributed by atoms with Crippen molar-refractivity contribution in [2.24, 2.45) is 0 Å². The number of hydrogen-bond donors (Lipinski definition) is 1. The topological polar surface area (TPSA) is 55.2 Å². The van der Waals surface area contributed by atoms with Crippen LogP contribution in [0.25, 0.3) is 0 Å². The van der Waals surface area contributed by atoms with Crippen LogP contribution in [-0.2, 0) is 6.54 Å². The summed E-state index contributed by atoms with van der Waals surface area (Å²) in [5.41, 5.74) is 1.00. The molecule has 0 atom stereocenters. The molecule has 0 aromatic carbocycles. The van der Waals surface area contributed by atoms with Gasteiger partial charge in [0.15, 0.2) is 0 Å². The summed E-state index contributed by atoms with van der Waals surface area (Å²) in [6.07, 6.45) is 4.49. The minimum Gasteiger partial charge on any atom is -0.313 e. The van der Waals surface area contributed by atoms with Gasteiger partial charge in [-0.1, -0.05) is 11.3 Å². The Kier molecular flexibility index (Phi) is 6.44. The van der Waals surface area contributed by atoms with Crippen LogP contribution in [0.2, 0.25) is 0 Å². The molecule has 6 heteroatoms. The van der Waals surface area contributed by atoms with Crippen molar-refractivity contribution in [3.05, 3.63) is 27.1 Å². The maximum Gasteiger partial charge on any atom is 0.324 e. The van der Waals surface area contributed by atoms with Crippen molar-refractivity contribution in [1.29, 1.82) is 0 Å². The normalized spacial score (nSPS) is 10.6. The maximum atomic E-state index is 10.5. The second-order valence-corrected chi connectivity index (χ2v) is 5.30. The van der Waals surface area contributed by atoms with E-state index < -0.39 is 0 Å². The highest BCUT2D eigenvalue weighted by Gasteiger charge is 2.08. The van der Waals surface area contributed by atoms with Gasteiger partial charge in [-0.25, -0.2) is 0 Å². The summed E-state index contributed by atoms with van der Waals surface area (Å²) < 4.78 is 0. The molecule has 0 radical (unpaired) electrons. The molecule has 0 aliphatic carbocycles. The summed E-state index contributed by atoms with van der Waals surface area (Å²) in [6, 6.07) is 1.64. The van der Waals surface area contributed by atoms with E-state index in [1.54, 1.807) is 6.07 Å². The second kappa shape index (κ2) is 7.65. The minimum absolute atomic E-state index is 0.221. The molecule has 4 nitrogen and oxygen atoms in total. The summed E-state index contributed by atoms with van der Waals surface area (Å²) in [4.78, 5) is 10.1. The summed E-state index contributed by atoms with van der Waals surface area (Å²) in [6.45, 7) is 1.70. The van der Waals surface area contributed by atoms with Crippen molar-refractivity contribution in [1.82, 2.24) is 5.32 Å². The highest BCUT2D eigenvalue weighted by atomic mass is 32.2. The van der Waals surface area contributed by atoms with Gasteiger partial charge in [-0.05, 0) is 37.0 Å². The predicted molar refractivity (Wildman–Crippen MR) is 70.3 cm³/mol. The Morgan fingerprint density at radius 3 is 3.00 bits per heavy atom. The number of thiophene rings is 1. The van der Waals surface area contributed by atoms with E-state index in [2.05, 4.69) is 11.6 Å². The van der Waals surface area contributed by atoms with Crippen molar-refractivity contribution in [2.75, 3.05) is 18.6 Å². The Morgan fingerprint density at radius 2 is 2.38 bits per heavy atom. The Labute approximate surface area is 104 Å². The third-order valence-corrected chi connectivity index (χ3v) is 3.73. The molecule has 1 aromatic heterocycles. The highest BCUT2D eigenvalue weighted by molar-refractivity contribution is 7.98. The van der Waals surface area contributed by atoms with E-state index in [9.17, 15) is 10.1 Å². The average Bonchev–Trinajstić information content (AvgIpc) is 2.72. The van der Waals surface area contributed by atoms with Crippen LogP contribution in [0.4, 0.5) is 5.00 Å². The van der Waals surface area contributed by atoms with Crippen molar-refractivity contribution in [3.8, 4) is 0 Å². The number of nitro groups is 1. The van der Waals surface area contributed by atoms with Gasteiger partial charge in [-0.2, -0.15) is 11.8 Å². The molecule has 0 fully saturated rings. The van der Waals surface area contributed by atoms with Crippen LogP contribution in [0.3, 0.4) is 0 Å². The van der Waals surface area contributed by atoms with Gasteiger partial charge in [0.1, 0.15) is 0 Å². The zero-order chi connectivity index (χ0) is 11.8. The first-order chi connectivity index (χ1) is 7.74. The van der Waals surface area contributed by atoms with Crippen molar-refractivity contribution < 1.29 is 4.92 Å². The van der Waals surface area contributed by atoms with Gasteiger partial charge in [-0.15, -0.1) is 0 Å². The molecule has 1 N–H and O–H groups in total. The van der Waals surface area contributed by atoms with Crippen LogP contribution in [0.5, 0.6) is 0 Å². The minimum atomic E-state index is -0.341. The molecule has 90 valence electrons. The molecule has 0 saturated carbocycles. The molecule has 0 saturated heterocycles. The van der Waals surface area contributed by atoms with Gasteiger partial charge >= 0.3 is 5.00 Å². The number of unbranched alkanes of at least 4 members (excludes halogenated alkanes) is 1. The Hall–Kier alpha value is -0.590. The average molecular weight is 260 g/mol. The van der Waals surface area contributed by atoms with Gasteiger partial charge in [0.2, 0.25) is 0 Å². The fraction of sp³-hybridized carbons (Fsp3) is 0.600. The molecule has 0 amide bonds. The summed E-state index contributed by atoms with van der Waals surface area (Å²) >= 11 is 3.05. The SMILES string of the molecule is CSCCCCNCc1csc([N+](=O)[O-])c1. The van der Waals surface area contributed by atoms with E-state index in [1.165, 1.54) is 23.5 Å². The zero-order valence-electron chi connectivity index (χ0n) is 9.27. The summed E-state index contributed by atoms with van der Waals surface area (Å²) in [5.74, 6) is 1.20. The number of hydrogen-bond acceptors (Lipinski definition) is 5. The van der Waals surface area contributed by atoms with Crippen molar-refractivity contribution in [2.45, 2.75) is 19.4 Å². The molecule has 1 rings (SSSR count). The smallest absolute Gasteiger partial charge is 0.313 e. The highest BCUT2D eigenvalue weighted by Crippen LogP contribution is 2.22. The fourth-order valence-electron chi connectivity index (χ4n) is 1.28. The molecule has 16 heavy (non-hydrogen) atoms. The first-order valence-corrected chi connectivity index (χ1v) is 7.43. The monoisotopic (exact) mass is 260 g/mol. The Bertz CT molecular complexity index is 328. The van der Waals surface area contributed by atoms with E-state index in [0.717, 1.165) is 25.1 Å². The number of rotatable bonds is 8. The summed E-state index contributed by atoms with van der Waals surface area (Å²) in [5, 5.41) is 15.8. The molecular formula is C10H16N2O2S2. The summed E-state index contributed by atoms with van der Waals surface area (Å²) in [7, 11) is 0. The van der Waals surface area contributed by atoms with Crippen LogP contribution < -0.4 is 5.32 Å². The van der Waals surface area contributed by atoms with E-state index >= 15 is 0 Å². The van der Waals surface area contributed by atoms with Gasteiger partial charge in [0.25, 0.3) is 0 Å². The molecule has 0 aliphatic rings. The van der Waals surface area contributed by atoms with Gasteiger partial charge in [-0.3, -0.25) is 10.1 Å². The number of thioether (sulfide) groups is 1. The van der Waals surface area contributed by atoms with Gasteiger partial charge in [0, 0.05) is 18.0 Å². The van der Waals surface area contributed by atoms with Crippen LogP contribution in [-0.4, -0.2) is 23.5 Å². The van der Waals surface area contributed by atoms with Gasteiger partial charge < -0.3 is 5.32 Å². The predicted octanol–water partition coefficient (Wildman–Crippen LogP) is 2.89. The maximum absolute atomic E-state index is 10.5. The standard InChI is InChI=1S/C10H16N2O2S2/c1-15-5-3-2-4-11-7-9-6-10(12(13)14)16-8-9/h6,8,11H,2-5,7H2,1H3.